The van der Waals surface area contributed by atoms with Gasteiger partial charge >= 0.3 is 5.95 Å². The molecule has 0 aliphatic carbocycles. The van der Waals surface area contributed by atoms with Crippen molar-refractivity contribution in [3.8, 4) is 11.5 Å². The van der Waals surface area contributed by atoms with Crippen LogP contribution < -0.4 is 19.8 Å². The highest BCUT2D eigenvalue weighted by molar-refractivity contribution is 5.73. The van der Waals surface area contributed by atoms with Crippen LogP contribution in [-0.4, -0.2) is 29.5 Å². The number of aromatic nitrogens is 2. The van der Waals surface area contributed by atoms with Crippen LogP contribution in [0.4, 0.5) is 5.95 Å². The number of methoxy groups -OCH3 is 1. The van der Waals surface area contributed by atoms with E-state index in [2.05, 4.69) is 17.6 Å². The SMILES string of the molecule is CCCCCn1c(N)[n+](CC(O)COc2ccccc2OC)c2ccccc21. The van der Waals surface area contributed by atoms with E-state index in [0.29, 0.717) is 24.0 Å². The quantitative estimate of drug-likeness (QED) is 0.416. The summed E-state index contributed by atoms with van der Waals surface area (Å²) in [5, 5.41) is 10.6. The molecule has 0 aliphatic rings. The predicted octanol–water partition coefficient (Wildman–Crippen LogP) is 3.15. The number of aliphatic hydroxyl groups excluding tert-OH is 1. The summed E-state index contributed by atoms with van der Waals surface area (Å²) in [6.45, 7) is 3.58. The topological polar surface area (TPSA) is 73.5 Å². The van der Waals surface area contributed by atoms with Gasteiger partial charge in [-0.3, -0.25) is 5.73 Å². The number of rotatable bonds is 10. The Labute approximate surface area is 166 Å². The summed E-state index contributed by atoms with van der Waals surface area (Å²) in [7, 11) is 1.60. The number of benzene rings is 2. The highest BCUT2D eigenvalue weighted by Gasteiger charge is 2.23. The van der Waals surface area contributed by atoms with Crippen LogP contribution in [0, 0.1) is 0 Å². The van der Waals surface area contributed by atoms with Gasteiger partial charge in [0, 0.05) is 0 Å². The van der Waals surface area contributed by atoms with Crippen molar-refractivity contribution in [3.63, 3.8) is 0 Å². The van der Waals surface area contributed by atoms with Crippen molar-refractivity contribution < 1.29 is 19.1 Å². The Morgan fingerprint density at radius 1 is 1.07 bits per heavy atom. The molecule has 1 atom stereocenters. The van der Waals surface area contributed by atoms with Crippen LogP contribution in [0.25, 0.3) is 11.0 Å². The van der Waals surface area contributed by atoms with E-state index in [9.17, 15) is 5.11 Å². The number of para-hydroxylation sites is 4. The third-order valence-electron chi connectivity index (χ3n) is 4.90. The molecule has 0 aliphatic heterocycles. The second-order valence-electron chi connectivity index (χ2n) is 6.93. The van der Waals surface area contributed by atoms with Gasteiger partial charge in [0.05, 0.1) is 13.7 Å². The maximum Gasteiger partial charge on any atom is 0.356 e. The molecule has 0 radical (unpaired) electrons. The summed E-state index contributed by atoms with van der Waals surface area (Å²) < 4.78 is 15.2. The molecule has 1 unspecified atom stereocenters. The molecule has 0 spiro atoms. The van der Waals surface area contributed by atoms with Gasteiger partial charge in [-0.2, -0.15) is 0 Å². The Bertz CT molecular complexity index is 907. The number of aliphatic hydroxyl groups is 1. The van der Waals surface area contributed by atoms with Gasteiger partial charge < -0.3 is 14.6 Å². The molecule has 3 aromatic rings. The highest BCUT2D eigenvalue weighted by atomic mass is 16.5. The van der Waals surface area contributed by atoms with E-state index in [1.807, 2.05) is 47.0 Å². The number of hydrogen-bond acceptors (Lipinski definition) is 4. The molecule has 0 saturated heterocycles. The number of aryl methyl sites for hydroxylation is 1. The molecule has 0 amide bonds. The standard InChI is InChI=1S/C22H29N3O3/c1-3-4-9-14-24-18-10-5-6-11-19(18)25(22(24)23)15-17(26)16-28-21-13-8-7-12-20(21)27-2/h5-8,10-13,17,23,26H,3-4,9,14-16H2,1-2H3/p+1. The molecule has 1 aromatic heterocycles. The first-order chi connectivity index (χ1) is 13.7. The zero-order chi connectivity index (χ0) is 19.9. The lowest BCUT2D eigenvalue weighted by Crippen LogP contribution is -2.43. The van der Waals surface area contributed by atoms with Crippen LogP contribution in [0.3, 0.4) is 0 Å². The Hall–Kier alpha value is -2.73. The van der Waals surface area contributed by atoms with Gasteiger partial charge in [-0.05, 0) is 30.7 Å². The van der Waals surface area contributed by atoms with Gasteiger partial charge in [-0.25, -0.2) is 9.13 Å². The minimum absolute atomic E-state index is 0.155. The summed E-state index contributed by atoms with van der Waals surface area (Å²) in [5.41, 5.74) is 8.57. The Morgan fingerprint density at radius 2 is 1.79 bits per heavy atom. The molecule has 6 nitrogen and oxygen atoms in total. The Morgan fingerprint density at radius 3 is 2.54 bits per heavy atom. The van der Waals surface area contributed by atoms with Crippen LogP contribution in [-0.2, 0) is 13.1 Å². The zero-order valence-electron chi connectivity index (χ0n) is 16.7. The maximum atomic E-state index is 10.6. The van der Waals surface area contributed by atoms with Gasteiger partial charge in [-0.15, -0.1) is 0 Å². The molecule has 2 aromatic carbocycles. The van der Waals surface area contributed by atoms with Gasteiger partial charge in [-0.1, -0.05) is 44.0 Å². The second-order valence-corrected chi connectivity index (χ2v) is 6.93. The molecule has 3 rings (SSSR count). The van der Waals surface area contributed by atoms with Crippen molar-refractivity contribution in [2.75, 3.05) is 19.5 Å². The summed E-state index contributed by atoms with van der Waals surface area (Å²) in [4.78, 5) is 0. The van der Waals surface area contributed by atoms with Crippen LogP contribution >= 0.6 is 0 Å². The van der Waals surface area contributed by atoms with E-state index in [1.165, 1.54) is 6.42 Å². The molecule has 6 heteroatoms. The van der Waals surface area contributed by atoms with Crippen molar-refractivity contribution in [1.29, 1.82) is 0 Å². The number of hydrogen-bond donors (Lipinski definition) is 2. The van der Waals surface area contributed by atoms with Crippen LogP contribution in [0.2, 0.25) is 0 Å². The van der Waals surface area contributed by atoms with Crippen molar-refractivity contribution in [2.45, 2.75) is 45.4 Å². The summed E-state index contributed by atoms with van der Waals surface area (Å²) in [6, 6.07) is 15.5. The number of nitrogens with two attached hydrogens (primary N) is 1. The molecular weight excluding hydrogens is 354 g/mol. The molecule has 150 valence electrons. The fourth-order valence-electron chi connectivity index (χ4n) is 3.45. The molecule has 0 fully saturated rings. The number of nitrogens with zero attached hydrogens (tertiary/aromatic N) is 2. The summed E-state index contributed by atoms with van der Waals surface area (Å²) in [5.74, 6) is 1.92. The van der Waals surface area contributed by atoms with E-state index in [1.54, 1.807) is 7.11 Å². The van der Waals surface area contributed by atoms with Crippen LogP contribution in [0.15, 0.2) is 48.5 Å². The number of nitrogen functional groups attached to an aromatic ring is 1. The predicted molar refractivity (Wildman–Crippen MR) is 111 cm³/mol. The Balaban J connectivity index is 1.75. The number of unbranched alkanes of at least 4 members (excludes halogenated alkanes) is 2. The third kappa shape index (κ3) is 4.39. The van der Waals surface area contributed by atoms with E-state index in [4.69, 9.17) is 15.2 Å². The fraction of sp³-hybridized carbons (Fsp3) is 0.409. The minimum atomic E-state index is -0.702. The van der Waals surface area contributed by atoms with Crippen LogP contribution in [0.5, 0.6) is 11.5 Å². The zero-order valence-corrected chi connectivity index (χ0v) is 16.7. The van der Waals surface area contributed by atoms with E-state index in [-0.39, 0.29) is 6.61 Å². The number of anilines is 1. The third-order valence-corrected chi connectivity index (χ3v) is 4.90. The first kappa shape index (κ1) is 20.0. The lowest BCUT2D eigenvalue weighted by atomic mass is 10.2. The van der Waals surface area contributed by atoms with Crippen molar-refractivity contribution in [1.82, 2.24) is 4.57 Å². The van der Waals surface area contributed by atoms with Gasteiger partial charge in [0.15, 0.2) is 11.5 Å². The normalized spacial score (nSPS) is 12.2. The first-order valence-corrected chi connectivity index (χ1v) is 9.86. The van der Waals surface area contributed by atoms with Gasteiger partial charge in [0.25, 0.3) is 0 Å². The van der Waals surface area contributed by atoms with E-state index < -0.39 is 6.10 Å². The highest BCUT2D eigenvalue weighted by Crippen LogP contribution is 2.26. The van der Waals surface area contributed by atoms with Gasteiger partial charge in [0.2, 0.25) is 0 Å². The maximum absolute atomic E-state index is 10.6. The van der Waals surface area contributed by atoms with E-state index in [0.717, 1.165) is 30.4 Å². The number of fused-ring (bicyclic) bond motifs is 1. The fourth-order valence-corrected chi connectivity index (χ4v) is 3.45. The molecular formula is C22H30N3O3+. The smallest absolute Gasteiger partial charge is 0.356 e. The lowest BCUT2D eigenvalue weighted by Gasteiger charge is -2.14. The van der Waals surface area contributed by atoms with Crippen LogP contribution in [0.1, 0.15) is 26.2 Å². The first-order valence-electron chi connectivity index (χ1n) is 9.86. The average molecular weight is 385 g/mol. The summed E-state index contributed by atoms with van der Waals surface area (Å²) >= 11 is 0. The molecule has 28 heavy (non-hydrogen) atoms. The summed E-state index contributed by atoms with van der Waals surface area (Å²) in [6.07, 6.45) is 2.71. The average Bonchev–Trinajstić information content (AvgIpc) is 2.98. The Kier molecular flexibility index (Phi) is 6.76. The number of imidazole rings is 1. The molecule has 0 saturated carbocycles. The monoisotopic (exact) mass is 384 g/mol. The van der Waals surface area contributed by atoms with Crippen molar-refractivity contribution in [2.24, 2.45) is 0 Å². The van der Waals surface area contributed by atoms with E-state index >= 15 is 0 Å². The van der Waals surface area contributed by atoms with Crippen molar-refractivity contribution >= 4 is 17.0 Å². The van der Waals surface area contributed by atoms with Gasteiger partial charge in [0.1, 0.15) is 30.3 Å². The molecule has 0 bridgehead atoms. The molecule has 3 N–H and O–H groups in total. The lowest BCUT2D eigenvalue weighted by molar-refractivity contribution is -0.665. The second kappa shape index (κ2) is 9.46. The number of ether oxygens (including phenoxy) is 2. The largest absolute Gasteiger partial charge is 0.493 e. The van der Waals surface area contributed by atoms with Crippen molar-refractivity contribution in [3.05, 3.63) is 48.5 Å². The molecule has 1 heterocycles. The minimum Gasteiger partial charge on any atom is -0.493 e.